The summed E-state index contributed by atoms with van der Waals surface area (Å²) < 4.78 is 13.1. The van der Waals surface area contributed by atoms with E-state index in [0.29, 0.717) is 22.0 Å². The average Bonchev–Trinajstić information content (AvgIpc) is 2.69. The maximum atomic E-state index is 13.1. The van der Waals surface area contributed by atoms with Crippen molar-refractivity contribution in [3.63, 3.8) is 0 Å². The van der Waals surface area contributed by atoms with E-state index in [9.17, 15) is 23.9 Å². The lowest BCUT2D eigenvalue weighted by Crippen LogP contribution is -2.45. The molecule has 0 saturated heterocycles. The number of halogens is 1. The van der Waals surface area contributed by atoms with Gasteiger partial charge >= 0.3 is 6.09 Å². The third-order valence-electron chi connectivity index (χ3n) is 4.74. The van der Waals surface area contributed by atoms with Crippen LogP contribution in [0.4, 0.5) is 9.18 Å². The molecular formula is C22H23FN4O4. The second kappa shape index (κ2) is 8.55. The molecule has 0 saturated carbocycles. The molecule has 0 radical (unpaired) electrons. The fourth-order valence-corrected chi connectivity index (χ4v) is 3.13. The highest BCUT2D eigenvalue weighted by Gasteiger charge is 2.28. The minimum atomic E-state index is -1.13. The summed E-state index contributed by atoms with van der Waals surface area (Å²) in [7, 11) is 0. The van der Waals surface area contributed by atoms with E-state index < -0.39 is 28.9 Å². The number of amides is 2. The highest BCUT2D eigenvalue weighted by Crippen LogP contribution is 2.20. The smallest absolute Gasteiger partial charge is 0.408 e. The molecule has 3 rings (SSSR count). The number of rotatable bonds is 5. The minimum absolute atomic E-state index is 0.0759. The summed E-state index contributed by atoms with van der Waals surface area (Å²) in [5, 5.41) is 14.7. The summed E-state index contributed by atoms with van der Waals surface area (Å²) in [5.41, 5.74) is 2.09. The van der Waals surface area contributed by atoms with Crippen molar-refractivity contribution in [3.05, 3.63) is 76.0 Å². The topological polar surface area (TPSA) is 105 Å². The molecule has 0 bridgehead atoms. The number of fused-ring (bicyclic) bond motifs is 1. The first-order valence-corrected chi connectivity index (χ1v) is 9.62. The van der Waals surface area contributed by atoms with Crippen molar-refractivity contribution in [3.8, 4) is 0 Å². The number of hydrogen-bond acceptors (Lipinski definition) is 4. The Morgan fingerprint density at radius 3 is 2.29 bits per heavy atom. The van der Waals surface area contributed by atoms with Crippen molar-refractivity contribution >= 4 is 22.8 Å². The van der Waals surface area contributed by atoms with Gasteiger partial charge < -0.3 is 5.11 Å². The quantitative estimate of drug-likeness (QED) is 0.652. The van der Waals surface area contributed by atoms with E-state index in [1.54, 1.807) is 45.0 Å². The van der Waals surface area contributed by atoms with Gasteiger partial charge in [0, 0.05) is 10.9 Å². The Morgan fingerprint density at radius 2 is 1.71 bits per heavy atom. The third kappa shape index (κ3) is 5.06. The Kier molecular flexibility index (Phi) is 6.05. The van der Waals surface area contributed by atoms with Gasteiger partial charge in [0.15, 0.2) is 0 Å². The van der Waals surface area contributed by atoms with E-state index in [0.717, 1.165) is 4.79 Å². The van der Waals surface area contributed by atoms with Gasteiger partial charge in [-0.1, -0.05) is 30.3 Å². The predicted octanol–water partition coefficient (Wildman–Crippen LogP) is 3.13. The molecule has 9 heteroatoms. The minimum Gasteiger partial charge on any atom is -0.465 e. The van der Waals surface area contributed by atoms with Crippen LogP contribution in [0.1, 0.15) is 32.0 Å². The molecule has 0 fully saturated rings. The predicted molar refractivity (Wildman–Crippen MR) is 114 cm³/mol. The van der Waals surface area contributed by atoms with Crippen molar-refractivity contribution in [2.75, 3.05) is 5.43 Å². The number of aromatic nitrogens is 2. The fraction of sp³-hybridized carbons (Fsp3) is 0.273. The lowest BCUT2D eigenvalue weighted by Gasteiger charge is -2.33. The Morgan fingerprint density at radius 1 is 1.10 bits per heavy atom. The normalized spacial score (nSPS) is 11.4. The molecule has 8 nitrogen and oxygen atoms in total. The Bertz CT molecular complexity index is 1180. The van der Waals surface area contributed by atoms with Gasteiger partial charge in [0.1, 0.15) is 5.82 Å². The zero-order valence-electron chi connectivity index (χ0n) is 17.4. The van der Waals surface area contributed by atoms with Crippen LogP contribution in [-0.2, 0) is 17.8 Å². The SMILES string of the molecule is CC(C)(C)N(Cc1nn(NC(=O)Cc2ccc(F)cc2)c(=O)c2ccccc12)C(=O)O. The van der Waals surface area contributed by atoms with Gasteiger partial charge in [0.25, 0.3) is 5.56 Å². The molecule has 1 heterocycles. The average molecular weight is 426 g/mol. The second-order valence-electron chi connectivity index (χ2n) is 8.09. The van der Waals surface area contributed by atoms with Crippen LogP contribution in [0, 0.1) is 5.82 Å². The molecular weight excluding hydrogens is 403 g/mol. The fourth-order valence-electron chi connectivity index (χ4n) is 3.13. The van der Waals surface area contributed by atoms with Crippen LogP contribution in [0.3, 0.4) is 0 Å². The number of carbonyl (C=O) groups is 2. The van der Waals surface area contributed by atoms with Gasteiger partial charge in [-0.3, -0.25) is 14.5 Å². The van der Waals surface area contributed by atoms with Gasteiger partial charge in [-0.15, -0.1) is 4.79 Å². The molecule has 0 aliphatic carbocycles. The van der Waals surface area contributed by atoms with E-state index in [2.05, 4.69) is 10.5 Å². The van der Waals surface area contributed by atoms with E-state index >= 15 is 0 Å². The van der Waals surface area contributed by atoms with E-state index in [1.165, 1.54) is 29.2 Å². The van der Waals surface area contributed by atoms with Crippen molar-refractivity contribution < 1.29 is 19.1 Å². The molecule has 0 unspecified atom stereocenters. The largest absolute Gasteiger partial charge is 0.465 e. The molecule has 3 aromatic rings. The van der Waals surface area contributed by atoms with Gasteiger partial charge in [0.05, 0.1) is 24.0 Å². The number of nitrogens with zero attached hydrogens (tertiary/aromatic N) is 3. The molecule has 31 heavy (non-hydrogen) atoms. The maximum Gasteiger partial charge on any atom is 0.408 e. The first-order chi connectivity index (χ1) is 14.6. The Balaban J connectivity index is 1.97. The summed E-state index contributed by atoms with van der Waals surface area (Å²) in [6, 6.07) is 12.1. The Hall–Kier alpha value is -3.75. The first-order valence-electron chi connectivity index (χ1n) is 9.62. The molecule has 2 N–H and O–H groups in total. The maximum absolute atomic E-state index is 13.1. The molecule has 0 aliphatic heterocycles. The summed E-state index contributed by atoms with van der Waals surface area (Å²) in [4.78, 5) is 39.1. The summed E-state index contributed by atoms with van der Waals surface area (Å²) >= 11 is 0. The van der Waals surface area contributed by atoms with Crippen molar-refractivity contribution in [1.29, 1.82) is 0 Å². The van der Waals surface area contributed by atoms with Gasteiger partial charge in [-0.25, -0.2) is 14.6 Å². The van der Waals surface area contributed by atoms with Crippen molar-refractivity contribution in [1.82, 2.24) is 14.8 Å². The monoisotopic (exact) mass is 426 g/mol. The van der Waals surface area contributed by atoms with Crippen LogP contribution < -0.4 is 11.0 Å². The third-order valence-corrected chi connectivity index (χ3v) is 4.74. The van der Waals surface area contributed by atoms with E-state index in [4.69, 9.17) is 0 Å². The summed E-state index contributed by atoms with van der Waals surface area (Å²) in [6.45, 7) is 5.19. The number of hydrogen-bond donors (Lipinski definition) is 2. The summed E-state index contributed by atoms with van der Waals surface area (Å²) in [6.07, 6.45) is -1.21. The van der Waals surface area contributed by atoms with Crippen LogP contribution in [-0.4, -0.2) is 37.4 Å². The van der Waals surface area contributed by atoms with Crippen LogP contribution in [0.5, 0.6) is 0 Å². The number of benzene rings is 2. The Labute approximate surface area is 177 Å². The second-order valence-corrected chi connectivity index (χ2v) is 8.09. The van der Waals surface area contributed by atoms with Gasteiger partial charge in [0.2, 0.25) is 5.91 Å². The van der Waals surface area contributed by atoms with E-state index in [-0.39, 0.29) is 13.0 Å². The molecule has 0 spiro atoms. The number of carbonyl (C=O) groups excluding carboxylic acids is 1. The molecule has 2 aromatic carbocycles. The zero-order valence-corrected chi connectivity index (χ0v) is 17.4. The molecule has 162 valence electrons. The highest BCUT2D eigenvalue weighted by atomic mass is 19.1. The van der Waals surface area contributed by atoms with Crippen LogP contribution in [0.25, 0.3) is 10.8 Å². The van der Waals surface area contributed by atoms with Crippen LogP contribution in [0.2, 0.25) is 0 Å². The van der Waals surface area contributed by atoms with Crippen LogP contribution >= 0.6 is 0 Å². The van der Waals surface area contributed by atoms with Crippen molar-refractivity contribution in [2.24, 2.45) is 0 Å². The van der Waals surface area contributed by atoms with Gasteiger partial charge in [-0.05, 0) is 44.5 Å². The van der Waals surface area contributed by atoms with Gasteiger partial charge in [-0.2, -0.15) is 5.10 Å². The van der Waals surface area contributed by atoms with E-state index in [1.807, 2.05) is 0 Å². The standard InChI is InChI=1S/C22H23FN4O4/c1-22(2,3)26(21(30)31)13-18-16-6-4-5-7-17(16)20(29)27(24-18)25-19(28)12-14-8-10-15(23)11-9-14/h4-11H,12-13H2,1-3H3,(H,25,28)(H,30,31). The highest BCUT2D eigenvalue weighted by molar-refractivity contribution is 5.87. The first kappa shape index (κ1) is 21.9. The molecule has 1 aromatic heterocycles. The lowest BCUT2D eigenvalue weighted by atomic mass is 10.1. The zero-order chi connectivity index (χ0) is 22.8. The lowest BCUT2D eigenvalue weighted by molar-refractivity contribution is -0.116. The van der Waals surface area contributed by atoms with Crippen LogP contribution in [0.15, 0.2) is 53.3 Å². The summed E-state index contributed by atoms with van der Waals surface area (Å²) in [5.74, 6) is -0.934. The molecule has 0 aliphatic rings. The molecule has 2 amide bonds. The molecule has 0 atom stereocenters. The number of nitrogens with one attached hydrogen (secondary N) is 1. The van der Waals surface area contributed by atoms with Crippen molar-refractivity contribution in [2.45, 2.75) is 39.3 Å². The number of carboxylic acid groups (broad SMARTS) is 1.